The summed E-state index contributed by atoms with van der Waals surface area (Å²) < 4.78 is 13.6. The normalized spacial score (nSPS) is 27.2. The summed E-state index contributed by atoms with van der Waals surface area (Å²) in [7, 11) is 1.76. The predicted octanol–water partition coefficient (Wildman–Crippen LogP) is 8.75. The van der Waals surface area contributed by atoms with Gasteiger partial charge in [-0.15, -0.1) is 0 Å². The molecule has 5 aliphatic carbocycles. The van der Waals surface area contributed by atoms with Crippen molar-refractivity contribution in [3.05, 3.63) is 66.0 Å². The fraction of sp³-hybridized carbons (Fsp3) is 0.610. The SMILES string of the molecule is COc1ccc(C23CCC(CN(C(=O)C4CCC(NCOC(C)(C)C)CC4)c4cccc(-c5cnn(C6CC6)c5)c4)(CC2)CC3)cc1C. The minimum atomic E-state index is -0.156. The van der Waals surface area contributed by atoms with Crippen LogP contribution >= 0.6 is 0 Å². The molecular weight excluding hydrogens is 596 g/mol. The van der Waals surface area contributed by atoms with E-state index >= 15 is 0 Å². The van der Waals surface area contributed by atoms with E-state index in [2.05, 4.69) is 96.4 Å². The maximum absolute atomic E-state index is 14.7. The molecule has 0 radical (unpaired) electrons. The topological polar surface area (TPSA) is 68.6 Å². The molecule has 1 aromatic heterocycles. The lowest BCUT2D eigenvalue weighted by Crippen LogP contribution is -2.52. The number of nitrogens with one attached hydrogen (secondary N) is 1. The summed E-state index contributed by atoms with van der Waals surface area (Å²) in [5.74, 6) is 1.33. The van der Waals surface area contributed by atoms with Gasteiger partial charge in [-0.05, 0) is 150 Å². The molecule has 0 spiro atoms. The number of fused-ring (bicyclic) bond motifs is 3. The van der Waals surface area contributed by atoms with Gasteiger partial charge in [0.2, 0.25) is 5.91 Å². The highest BCUT2D eigenvalue weighted by Crippen LogP contribution is 2.58. The second kappa shape index (κ2) is 13.3. The number of benzene rings is 2. The van der Waals surface area contributed by atoms with Crippen LogP contribution in [0.25, 0.3) is 11.1 Å². The lowest BCUT2D eigenvalue weighted by Gasteiger charge is -2.55. The van der Waals surface area contributed by atoms with E-state index in [0.29, 0.717) is 24.7 Å². The van der Waals surface area contributed by atoms with Gasteiger partial charge in [0.25, 0.3) is 0 Å². The second-order valence-corrected chi connectivity index (χ2v) is 16.5. The summed E-state index contributed by atoms with van der Waals surface area (Å²) in [6, 6.07) is 16.5. The van der Waals surface area contributed by atoms with Crippen LogP contribution in [0.2, 0.25) is 0 Å². The summed E-state index contributed by atoms with van der Waals surface area (Å²) in [5.41, 5.74) is 6.26. The van der Waals surface area contributed by atoms with Gasteiger partial charge in [-0.1, -0.05) is 24.3 Å². The molecule has 0 aliphatic heterocycles. The molecule has 5 aliphatic rings. The van der Waals surface area contributed by atoms with Crippen molar-refractivity contribution < 1.29 is 14.3 Å². The Morgan fingerprint density at radius 1 is 0.958 bits per heavy atom. The second-order valence-electron chi connectivity index (χ2n) is 16.5. The van der Waals surface area contributed by atoms with Crippen molar-refractivity contribution in [1.82, 2.24) is 15.1 Å². The number of carbonyl (C=O) groups is 1. The molecule has 2 bridgehead atoms. The molecule has 0 unspecified atom stereocenters. The Morgan fingerprint density at radius 2 is 1.69 bits per heavy atom. The van der Waals surface area contributed by atoms with E-state index < -0.39 is 0 Å². The highest BCUT2D eigenvalue weighted by molar-refractivity contribution is 5.96. The Labute approximate surface area is 287 Å². The van der Waals surface area contributed by atoms with Gasteiger partial charge < -0.3 is 14.4 Å². The van der Waals surface area contributed by atoms with Gasteiger partial charge >= 0.3 is 0 Å². The zero-order valence-corrected chi connectivity index (χ0v) is 29.9. The predicted molar refractivity (Wildman–Crippen MR) is 192 cm³/mol. The molecule has 258 valence electrons. The molecule has 0 saturated heterocycles. The van der Waals surface area contributed by atoms with E-state index in [1.54, 1.807) is 7.11 Å². The third-order valence-corrected chi connectivity index (χ3v) is 12.1. The Kier molecular flexibility index (Phi) is 9.22. The van der Waals surface area contributed by atoms with E-state index in [9.17, 15) is 4.79 Å². The maximum atomic E-state index is 14.7. The van der Waals surface area contributed by atoms with Crippen LogP contribution in [0.15, 0.2) is 54.9 Å². The number of carbonyl (C=O) groups excluding carboxylic acids is 1. The fourth-order valence-corrected chi connectivity index (χ4v) is 8.79. The monoisotopic (exact) mass is 652 g/mol. The molecule has 0 atom stereocenters. The van der Waals surface area contributed by atoms with Gasteiger partial charge in [0.1, 0.15) is 5.75 Å². The summed E-state index contributed by atoms with van der Waals surface area (Å²) in [6.45, 7) is 9.79. The van der Waals surface area contributed by atoms with Crippen LogP contribution in [0, 0.1) is 18.3 Å². The summed E-state index contributed by atoms with van der Waals surface area (Å²) in [4.78, 5) is 16.9. The Bertz CT molecular complexity index is 1570. The van der Waals surface area contributed by atoms with Crippen LogP contribution in [0.1, 0.15) is 115 Å². The van der Waals surface area contributed by atoms with Gasteiger partial charge in [-0.25, -0.2) is 0 Å². The molecule has 1 heterocycles. The van der Waals surface area contributed by atoms with Crippen molar-refractivity contribution in [2.75, 3.05) is 25.3 Å². The van der Waals surface area contributed by atoms with Crippen molar-refractivity contribution in [3.8, 4) is 16.9 Å². The lowest BCUT2D eigenvalue weighted by atomic mass is 9.51. The van der Waals surface area contributed by atoms with Gasteiger partial charge in [-0.3, -0.25) is 14.8 Å². The zero-order valence-electron chi connectivity index (χ0n) is 29.9. The molecule has 7 heteroatoms. The highest BCUT2D eigenvalue weighted by atomic mass is 16.5. The number of aryl methyl sites for hydroxylation is 1. The molecule has 8 rings (SSSR count). The summed E-state index contributed by atoms with van der Waals surface area (Å²) in [5, 5.41) is 8.25. The number of aromatic nitrogens is 2. The first kappa shape index (κ1) is 33.3. The average Bonchev–Trinajstić information content (AvgIpc) is 3.83. The quantitative estimate of drug-likeness (QED) is 0.210. The maximum Gasteiger partial charge on any atom is 0.230 e. The third-order valence-electron chi connectivity index (χ3n) is 12.1. The van der Waals surface area contributed by atoms with Gasteiger partial charge in [0.05, 0.1) is 31.7 Å². The molecule has 7 nitrogen and oxygen atoms in total. The molecule has 1 N–H and O–H groups in total. The molecule has 2 aromatic carbocycles. The number of nitrogens with zero attached hydrogens (tertiary/aromatic N) is 3. The first-order valence-corrected chi connectivity index (χ1v) is 18.5. The van der Waals surface area contributed by atoms with Crippen molar-refractivity contribution in [2.24, 2.45) is 11.3 Å². The van der Waals surface area contributed by atoms with Crippen molar-refractivity contribution in [2.45, 2.75) is 128 Å². The average molecular weight is 653 g/mol. The minimum absolute atomic E-state index is 0.0535. The lowest BCUT2D eigenvalue weighted by molar-refractivity contribution is -0.124. The number of hydrogen-bond acceptors (Lipinski definition) is 5. The number of amides is 1. The zero-order chi connectivity index (χ0) is 33.5. The van der Waals surface area contributed by atoms with Crippen LogP contribution in [0.5, 0.6) is 5.75 Å². The van der Waals surface area contributed by atoms with Crippen LogP contribution in [0.4, 0.5) is 5.69 Å². The van der Waals surface area contributed by atoms with Crippen molar-refractivity contribution >= 4 is 11.6 Å². The number of hydrogen-bond donors (Lipinski definition) is 1. The smallest absolute Gasteiger partial charge is 0.230 e. The van der Waals surface area contributed by atoms with Crippen molar-refractivity contribution in [3.63, 3.8) is 0 Å². The molecule has 3 aromatic rings. The van der Waals surface area contributed by atoms with Crippen molar-refractivity contribution in [1.29, 1.82) is 0 Å². The van der Waals surface area contributed by atoms with E-state index in [0.717, 1.165) is 54.8 Å². The minimum Gasteiger partial charge on any atom is -0.496 e. The van der Waals surface area contributed by atoms with Crippen LogP contribution in [0.3, 0.4) is 0 Å². The molecule has 48 heavy (non-hydrogen) atoms. The molecule has 5 saturated carbocycles. The fourth-order valence-electron chi connectivity index (χ4n) is 8.79. The highest BCUT2D eigenvalue weighted by Gasteiger charge is 2.50. The van der Waals surface area contributed by atoms with E-state index in [4.69, 9.17) is 9.47 Å². The molecule has 5 fully saturated rings. The van der Waals surface area contributed by atoms with E-state index in [-0.39, 0.29) is 22.3 Å². The Morgan fingerprint density at radius 3 is 2.33 bits per heavy atom. The number of ether oxygens (including phenoxy) is 2. The van der Waals surface area contributed by atoms with Gasteiger partial charge in [0.15, 0.2) is 0 Å². The Balaban J connectivity index is 1.09. The van der Waals surface area contributed by atoms with Gasteiger partial charge in [-0.2, -0.15) is 5.10 Å². The largest absolute Gasteiger partial charge is 0.496 e. The molecular formula is C41H56N4O3. The van der Waals surface area contributed by atoms with Crippen LogP contribution in [-0.2, 0) is 14.9 Å². The number of rotatable bonds is 11. The first-order chi connectivity index (χ1) is 23.1. The third kappa shape index (κ3) is 7.09. The van der Waals surface area contributed by atoms with E-state index in [1.165, 1.54) is 62.5 Å². The van der Waals surface area contributed by atoms with Gasteiger partial charge in [0, 0.05) is 36.0 Å². The Hall–Kier alpha value is -3.16. The molecule has 1 amide bonds. The first-order valence-electron chi connectivity index (χ1n) is 18.5. The summed E-state index contributed by atoms with van der Waals surface area (Å²) in [6.07, 6.45) is 17.5. The van der Waals surface area contributed by atoms with Crippen LogP contribution in [-0.4, -0.2) is 47.7 Å². The standard InChI is InChI=1S/C41H56N4O3/c1-29-23-33(11-16-37(29)47-5)41-20-17-40(18-21-41,19-22-41)27-44(38(46)30-9-12-34(13-10-30)42-28-48-39(2,3)4)36-8-6-7-31(24-36)32-25-43-45(26-32)35-14-15-35/h6-8,11,16,23-26,30,34-35,42H,9-10,12-15,17-22,27-28H2,1-5H3. The number of methoxy groups -OCH3 is 1. The number of anilines is 1. The summed E-state index contributed by atoms with van der Waals surface area (Å²) >= 11 is 0. The van der Waals surface area contributed by atoms with Crippen LogP contribution < -0.4 is 15.0 Å². The van der Waals surface area contributed by atoms with E-state index in [1.807, 2.05) is 6.20 Å².